The molecule has 3 N–H and O–H groups in total. The Morgan fingerprint density at radius 1 is 1.45 bits per heavy atom. The van der Waals surface area contributed by atoms with Gasteiger partial charge in [-0.05, 0) is 31.9 Å². The van der Waals surface area contributed by atoms with Gasteiger partial charge in [-0.1, -0.05) is 12.8 Å². The lowest BCUT2D eigenvalue weighted by Gasteiger charge is -2.37. The van der Waals surface area contributed by atoms with Crippen molar-refractivity contribution in [3.8, 4) is 5.75 Å². The lowest BCUT2D eigenvalue weighted by atomic mass is 9.74. The van der Waals surface area contributed by atoms with Crippen LogP contribution in [0.15, 0.2) is 18.2 Å². The van der Waals surface area contributed by atoms with Crippen molar-refractivity contribution in [2.45, 2.75) is 44.8 Å². The molecule has 0 spiro atoms. The van der Waals surface area contributed by atoms with E-state index in [4.69, 9.17) is 5.73 Å². The molecule has 0 bridgehead atoms. The van der Waals surface area contributed by atoms with E-state index in [-0.39, 0.29) is 17.5 Å². The quantitative estimate of drug-likeness (QED) is 0.896. The molecule has 2 atom stereocenters. The maximum absolute atomic E-state index is 13.6. The molecule has 22 heavy (non-hydrogen) atoms. The van der Waals surface area contributed by atoms with E-state index < -0.39 is 23.7 Å². The van der Waals surface area contributed by atoms with Gasteiger partial charge < -0.3 is 15.8 Å². The van der Waals surface area contributed by atoms with Crippen molar-refractivity contribution >= 4 is 11.6 Å². The Labute approximate surface area is 126 Å². The Bertz CT molecular complexity index is 550. The van der Waals surface area contributed by atoms with Crippen molar-refractivity contribution in [2.24, 2.45) is 11.7 Å². The number of hydrogen-bond donors (Lipinski definition) is 2. The fourth-order valence-corrected chi connectivity index (χ4v) is 2.79. The molecule has 0 radical (unpaired) electrons. The molecule has 1 fully saturated rings. The molecular formula is C15H19F3N2O2. The van der Waals surface area contributed by atoms with E-state index in [1.807, 2.05) is 6.92 Å². The van der Waals surface area contributed by atoms with Gasteiger partial charge >= 0.3 is 6.61 Å². The highest BCUT2D eigenvalue weighted by atomic mass is 19.3. The van der Waals surface area contributed by atoms with Crippen LogP contribution in [0.5, 0.6) is 5.75 Å². The lowest BCUT2D eigenvalue weighted by molar-refractivity contribution is -0.122. The third-order valence-electron chi connectivity index (χ3n) is 3.99. The van der Waals surface area contributed by atoms with E-state index in [0.29, 0.717) is 6.42 Å². The molecule has 0 aliphatic heterocycles. The number of benzene rings is 1. The van der Waals surface area contributed by atoms with Crippen molar-refractivity contribution in [1.29, 1.82) is 0 Å². The first-order valence-corrected chi connectivity index (χ1v) is 7.14. The summed E-state index contributed by atoms with van der Waals surface area (Å²) in [5.41, 5.74) is 5.74. The minimum absolute atomic E-state index is 0.186. The minimum atomic E-state index is -3.10. The van der Waals surface area contributed by atoms with Crippen LogP contribution in [0.2, 0.25) is 0 Å². The second kappa shape index (κ2) is 6.56. The monoisotopic (exact) mass is 316 g/mol. The Hall–Kier alpha value is -1.76. The highest BCUT2D eigenvalue weighted by Crippen LogP contribution is 2.32. The molecule has 0 heterocycles. The summed E-state index contributed by atoms with van der Waals surface area (Å²) in [5.74, 6) is -2.17. The van der Waals surface area contributed by atoms with Crippen LogP contribution >= 0.6 is 0 Å². The van der Waals surface area contributed by atoms with E-state index in [2.05, 4.69) is 10.1 Å². The Kier molecular flexibility index (Phi) is 4.95. The van der Waals surface area contributed by atoms with E-state index in [9.17, 15) is 18.0 Å². The number of alkyl halides is 2. The molecule has 7 heteroatoms. The van der Waals surface area contributed by atoms with Crippen molar-refractivity contribution < 1.29 is 22.7 Å². The van der Waals surface area contributed by atoms with Crippen molar-refractivity contribution in [3.05, 3.63) is 24.0 Å². The maximum atomic E-state index is 13.6. The molecule has 0 saturated heterocycles. The van der Waals surface area contributed by atoms with Gasteiger partial charge in [-0.25, -0.2) is 4.39 Å². The standard InChI is InChI=1S/C15H19F3N2O2/c1-15(19)7-3-2-4-10(15)13(21)20-9-5-6-12(11(16)8-9)22-14(17)18/h5-6,8,10,14H,2-4,7,19H2,1H3,(H,20,21). The van der Waals surface area contributed by atoms with Gasteiger partial charge in [0.05, 0.1) is 5.92 Å². The van der Waals surface area contributed by atoms with Crippen LogP contribution in [0.1, 0.15) is 32.6 Å². The lowest BCUT2D eigenvalue weighted by Crippen LogP contribution is -2.51. The number of carbonyl (C=O) groups excluding carboxylic acids is 1. The fourth-order valence-electron chi connectivity index (χ4n) is 2.79. The van der Waals surface area contributed by atoms with Crippen LogP contribution in [-0.2, 0) is 4.79 Å². The van der Waals surface area contributed by atoms with Gasteiger partial charge in [0.2, 0.25) is 5.91 Å². The van der Waals surface area contributed by atoms with Gasteiger partial charge in [-0.3, -0.25) is 4.79 Å². The Balaban J connectivity index is 2.07. The first kappa shape index (κ1) is 16.6. The normalized spacial score (nSPS) is 25.1. The number of anilines is 1. The smallest absolute Gasteiger partial charge is 0.387 e. The van der Waals surface area contributed by atoms with Gasteiger partial charge in [0.1, 0.15) is 0 Å². The molecule has 122 valence electrons. The molecule has 2 rings (SSSR count). The molecule has 1 aliphatic rings. The summed E-state index contributed by atoms with van der Waals surface area (Å²) in [5, 5.41) is 2.59. The second-order valence-corrected chi connectivity index (χ2v) is 5.82. The van der Waals surface area contributed by atoms with E-state index in [1.54, 1.807) is 0 Å². The van der Waals surface area contributed by atoms with Crippen molar-refractivity contribution in [3.63, 3.8) is 0 Å². The number of carbonyl (C=O) groups is 1. The van der Waals surface area contributed by atoms with E-state index in [0.717, 1.165) is 31.4 Å². The van der Waals surface area contributed by atoms with Gasteiger partial charge in [0, 0.05) is 17.3 Å². The summed E-state index contributed by atoms with van der Waals surface area (Å²) >= 11 is 0. The number of amides is 1. The average Bonchev–Trinajstić information content (AvgIpc) is 2.40. The number of hydrogen-bond acceptors (Lipinski definition) is 3. The average molecular weight is 316 g/mol. The Morgan fingerprint density at radius 3 is 2.77 bits per heavy atom. The number of rotatable bonds is 4. The summed E-state index contributed by atoms with van der Waals surface area (Å²) in [4.78, 5) is 12.3. The highest BCUT2D eigenvalue weighted by molar-refractivity contribution is 5.93. The second-order valence-electron chi connectivity index (χ2n) is 5.82. The summed E-state index contributed by atoms with van der Waals surface area (Å²) in [6.07, 6.45) is 3.32. The molecule has 1 aromatic rings. The van der Waals surface area contributed by atoms with E-state index in [1.165, 1.54) is 6.07 Å². The largest absolute Gasteiger partial charge is 0.432 e. The third-order valence-corrected chi connectivity index (χ3v) is 3.99. The molecular weight excluding hydrogens is 297 g/mol. The summed E-state index contributed by atoms with van der Waals surface area (Å²) in [6.45, 7) is -1.27. The SMILES string of the molecule is CC1(N)CCCCC1C(=O)Nc1ccc(OC(F)F)c(F)c1. The first-order valence-electron chi connectivity index (χ1n) is 7.14. The molecule has 4 nitrogen and oxygen atoms in total. The highest BCUT2D eigenvalue weighted by Gasteiger charge is 2.37. The summed E-state index contributed by atoms with van der Waals surface area (Å²) in [6, 6.07) is 3.32. The zero-order valence-corrected chi connectivity index (χ0v) is 12.2. The third kappa shape index (κ3) is 3.91. The van der Waals surface area contributed by atoms with Crippen LogP contribution in [0.3, 0.4) is 0 Å². The maximum Gasteiger partial charge on any atom is 0.387 e. The molecule has 1 aliphatic carbocycles. The zero-order valence-electron chi connectivity index (χ0n) is 12.2. The van der Waals surface area contributed by atoms with Crippen LogP contribution in [0, 0.1) is 11.7 Å². The van der Waals surface area contributed by atoms with Gasteiger partial charge in [-0.2, -0.15) is 8.78 Å². The molecule has 1 amide bonds. The first-order chi connectivity index (χ1) is 10.3. The van der Waals surface area contributed by atoms with Crippen LogP contribution in [-0.4, -0.2) is 18.1 Å². The van der Waals surface area contributed by atoms with E-state index >= 15 is 0 Å². The molecule has 0 aromatic heterocycles. The molecule has 1 aromatic carbocycles. The topological polar surface area (TPSA) is 64.4 Å². The number of nitrogens with one attached hydrogen (secondary N) is 1. The predicted molar refractivity (Wildman–Crippen MR) is 76.2 cm³/mol. The Morgan fingerprint density at radius 2 is 2.18 bits per heavy atom. The summed E-state index contributed by atoms with van der Waals surface area (Å²) in [7, 11) is 0. The number of halogens is 3. The van der Waals surface area contributed by atoms with Crippen LogP contribution in [0.25, 0.3) is 0 Å². The van der Waals surface area contributed by atoms with Crippen molar-refractivity contribution in [2.75, 3.05) is 5.32 Å². The van der Waals surface area contributed by atoms with Crippen molar-refractivity contribution in [1.82, 2.24) is 0 Å². The number of ether oxygens (including phenoxy) is 1. The van der Waals surface area contributed by atoms with Gasteiger partial charge in [-0.15, -0.1) is 0 Å². The zero-order chi connectivity index (χ0) is 16.3. The summed E-state index contributed by atoms with van der Waals surface area (Å²) < 4.78 is 41.8. The van der Waals surface area contributed by atoms with Crippen LogP contribution < -0.4 is 15.8 Å². The van der Waals surface area contributed by atoms with Crippen LogP contribution in [0.4, 0.5) is 18.9 Å². The van der Waals surface area contributed by atoms with Gasteiger partial charge in [0.25, 0.3) is 0 Å². The number of nitrogens with two attached hydrogens (primary N) is 1. The minimum Gasteiger partial charge on any atom is -0.432 e. The predicted octanol–water partition coefficient (Wildman–Crippen LogP) is 3.27. The molecule has 2 unspecified atom stereocenters. The van der Waals surface area contributed by atoms with Gasteiger partial charge in [0.15, 0.2) is 11.6 Å². The fraction of sp³-hybridized carbons (Fsp3) is 0.533. The molecule has 1 saturated carbocycles.